The van der Waals surface area contributed by atoms with Crippen LogP contribution in [0.5, 0.6) is 0 Å². The number of carbonyl (C=O) groups is 2. The molecule has 0 bridgehead atoms. The minimum atomic E-state index is -0.841. The van der Waals surface area contributed by atoms with E-state index in [1.54, 1.807) is 0 Å². The van der Waals surface area contributed by atoms with E-state index in [0.29, 0.717) is 24.7 Å². The highest BCUT2D eigenvalue weighted by Gasteiger charge is 2.37. The molecule has 1 aliphatic carbocycles. The van der Waals surface area contributed by atoms with Gasteiger partial charge in [0.25, 0.3) is 0 Å². The molecule has 0 heterocycles. The lowest BCUT2D eigenvalue weighted by atomic mass is 9.79. The molecule has 0 aromatic rings. The van der Waals surface area contributed by atoms with E-state index in [1.807, 2.05) is 0 Å². The third-order valence-corrected chi connectivity index (χ3v) is 6.49. The van der Waals surface area contributed by atoms with Crippen molar-refractivity contribution in [2.45, 2.75) is 124 Å². The van der Waals surface area contributed by atoms with Crippen molar-refractivity contribution >= 4 is 11.9 Å². The Morgan fingerprint density at radius 3 is 2.17 bits per heavy atom. The largest absolute Gasteiger partial charge is 0.481 e. The quantitative estimate of drug-likeness (QED) is 0.233. The zero-order chi connectivity index (χ0) is 21.6. The van der Waals surface area contributed by atoms with E-state index in [0.717, 1.165) is 44.9 Å². The van der Waals surface area contributed by atoms with Crippen LogP contribution in [0.1, 0.15) is 118 Å². The predicted octanol–water partition coefficient (Wildman–Crippen LogP) is 7.00. The van der Waals surface area contributed by atoms with Gasteiger partial charge in [0.15, 0.2) is 0 Å². The molecule has 0 aromatic heterocycles. The molecule has 0 saturated heterocycles. The summed E-state index contributed by atoms with van der Waals surface area (Å²) in [6.45, 7) is 8.91. The fraction of sp³-hybridized carbons (Fsp3) is 0.920. The van der Waals surface area contributed by atoms with Crippen LogP contribution < -0.4 is 0 Å². The highest BCUT2D eigenvalue weighted by Crippen LogP contribution is 2.33. The third kappa shape index (κ3) is 10.5. The summed E-state index contributed by atoms with van der Waals surface area (Å²) in [5, 5.41) is 9.52. The first kappa shape index (κ1) is 26.0. The predicted molar refractivity (Wildman–Crippen MR) is 119 cm³/mol. The van der Waals surface area contributed by atoms with Gasteiger partial charge in [-0.1, -0.05) is 85.5 Å². The molecule has 29 heavy (non-hydrogen) atoms. The molecule has 0 spiro atoms. The number of esters is 1. The first-order chi connectivity index (χ1) is 13.9. The average Bonchev–Trinajstić information content (AvgIpc) is 2.67. The monoisotopic (exact) mass is 410 g/mol. The second-order valence-electron chi connectivity index (χ2n) is 9.61. The summed E-state index contributed by atoms with van der Waals surface area (Å²) in [7, 11) is 0. The summed E-state index contributed by atoms with van der Waals surface area (Å²) in [6, 6.07) is 0. The van der Waals surface area contributed by atoms with E-state index < -0.39 is 17.8 Å². The molecule has 1 saturated carbocycles. The second-order valence-corrected chi connectivity index (χ2v) is 9.61. The molecule has 0 aliphatic heterocycles. The third-order valence-electron chi connectivity index (χ3n) is 6.49. The molecule has 4 unspecified atom stereocenters. The minimum Gasteiger partial charge on any atom is -0.481 e. The van der Waals surface area contributed by atoms with Crippen molar-refractivity contribution in [3.8, 4) is 0 Å². The maximum atomic E-state index is 12.9. The van der Waals surface area contributed by atoms with Gasteiger partial charge in [-0.15, -0.1) is 0 Å². The molecule has 1 N–H and O–H groups in total. The molecule has 1 rings (SSSR count). The number of hydrogen-bond acceptors (Lipinski definition) is 3. The molecular formula is C25H46O4. The SMILES string of the molecule is CCCCCC(CCC)CC(CCCC(C)C)OC(=O)C1CCCCC1C(=O)O. The first-order valence-electron chi connectivity index (χ1n) is 12.3. The molecular weight excluding hydrogens is 364 g/mol. The van der Waals surface area contributed by atoms with Crippen LogP contribution in [0.3, 0.4) is 0 Å². The van der Waals surface area contributed by atoms with Gasteiger partial charge in [-0.2, -0.15) is 0 Å². The van der Waals surface area contributed by atoms with E-state index >= 15 is 0 Å². The van der Waals surface area contributed by atoms with Crippen LogP contribution in [-0.4, -0.2) is 23.1 Å². The minimum absolute atomic E-state index is 0.0594. The van der Waals surface area contributed by atoms with Crippen LogP contribution in [-0.2, 0) is 14.3 Å². The fourth-order valence-corrected chi connectivity index (χ4v) is 4.78. The number of carbonyl (C=O) groups excluding carboxylic acids is 1. The van der Waals surface area contributed by atoms with Crippen molar-refractivity contribution < 1.29 is 19.4 Å². The normalized spacial score (nSPS) is 21.7. The summed E-state index contributed by atoms with van der Waals surface area (Å²) < 4.78 is 6.03. The van der Waals surface area contributed by atoms with Gasteiger partial charge in [0, 0.05) is 0 Å². The van der Waals surface area contributed by atoms with Crippen molar-refractivity contribution in [1.29, 1.82) is 0 Å². The first-order valence-corrected chi connectivity index (χ1v) is 12.3. The van der Waals surface area contributed by atoms with Crippen molar-refractivity contribution in [1.82, 2.24) is 0 Å². The van der Waals surface area contributed by atoms with Gasteiger partial charge in [0.05, 0.1) is 11.8 Å². The lowest BCUT2D eigenvalue weighted by molar-refractivity contribution is -0.164. The zero-order valence-corrected chi connectivity index (χ0v) is 19.5. The summed E-state index contributed by atoms with van der Waals surface area (Å²) in [5.74, 6) is -0.869. The Hall–Kier alpha value is -1.06. The number of hydrogen-bond donors (Lipinski definition) is 1. The number of unbranched alkanes of at least 4 members (excludes halogenated alkanes) is 2. The van der Waals surface area contributed by atoms with Crippen LogP contribution in [0.2, 0.25) is 0 Å². The van der Waals surface area contributed by atoms with Gasteiger partial charge in [0.1, 0.15) is 6.10 Å². The number of carboxylic acid groups (broad SMARTS) is 1. The highest BCUT2D eigenvalue weighted by atomic mass is 16.5. The van der Waals surface area contributed by atoms with Crippen LogP contribution in [0.15, 0.2) is 0 Å². The molecule has 1 aliphatic rings. The molecule has 4 atom stereocenters. The van der Waals surface area contributed by atoms with Gasteiger partial charge < -0.3 is 9.84 Å². The zero-order valence-electron chi connectivity index (χ0n) is 19.5. The number of aliphatic carboxylic acids is 1. The van der Waals surface area contributed by atoms with E-state index in [4.69, 9.17) is 4.74 Å². The van der Waals surface area contributed by atoms with Crippen LogP contribution in [0.4, 0.5) is 0 Å². The van der Waals surface area contributed by atoms with E-state index in [2.05, 4.69) is 27.7 Å². The second kappa shape index (κ2) is 14.8. The smallest absolute Gasteiger partial charge is 0.310 e. The molecule has 0 radical (unpaired) electrons. The molecule has 0 aromatic carbocycles. The maximum Gasteiger partial charge on any atom is 0.310 e. The van der Waals surface area contributed by atoms with Crippen LogP contribution in [0.25, 0.3) is 0 Å². The topological polar surface area (TPSA) is 63.6 Å². The molecule has 1 fully saturated rings. The van der Waals surface area contributed by atoms with Gasteiger partial charge >= 0.3 is 11.9 Å². The fourth-order valence-electron chi connectivity index (χ4n) is 4.78. The Bertz CT molecular complexity index is 460. The summed E-state index contributed by atoms with van der Waals surface area (Å²) in [4.78, 5) is 24.5. The molecule has 170 valence electrons. The molecule has 4 nitrogen and oxygen atoms in total. The maximum absolute atomic E-state index is 12.9. The number of carboxylic acids is 1. The Balaban J connectivity index is 2.75. The van der Waals surface area contributed by atoms with Crippen LogP contribution in [0, 0.1) is 23.7 Å². The Kier molecular flexibility index (Phi) is 13.3. The standard InChI is InChI=1S/C25H46O4/c1-5-7-8-14-20(12-6-2)18-21(15-11-13-19(3)4)29-25(28)23-17-10-9-16-22(23)24(26)27/h19-23H,5-18H2,1-4H3,(H,26,27). The highest BCUT2D eigenvalue weighted by molar-refractivity contribution is 5.81. The summed E-state index contributed by atoms with van der Waals surface area (Å²) in [5.41, 5.74) is 0. The summed E-state index contributed by atoms with van der Waals surface area (Å²) >= 11 is 0. The van der Waals surface area contributed by atoms with E-state index in [9.17, 15) is 14.7 Å². The van der Waals surface area contributed by atoms with Crippen LogP contribution >= 0.6 is 0 Å². The van der Waals surface area contributed by atoms with Crippen molar-refractivity contribution in [3.63, 3.8) is 0 Å². The van der Waals surface area contributed by atoms with E-state index in [1.165, 1.54) is 32.1 Å². The van der Waals surface area contributed by atoms with Crippen molar-refractivity contribution in [3.05, 3.63) is 0 Å². The molecule has 4 heteroatoms. The lowest BCUT2D eigenvalue weighted by Gasteiger charge is -2.30. The Labute approximate surface area is 179 Å². The van der Waals surface area contributed by atoms with Crippen molar-refractivity contribution in [2.24, 2.45) is 23.7 Å². The molecule has 0 amide bonds. The van der Waals surface area contributed by atoms with Gasteiger partial charge in [-0.05, 0) is 43.9 Å². The average molecular weight is 411 g/mol. The Morgan fingerprint density at radius 1 is 0.897 bits per heavy atom. The summed E-state index contributed by atoms with van der Waals surface area (Å²) in [6.07, 6.45) is 14.4. The van der Waals surface area contributed by atoms with Gasteiger partial charge in [-0.3, -0.25) is 9.59 Å². The van der Waals surface area contributed by atoms with Gasteiger partial charge in [0.2, 0.25) is 0 Å². The lowest BCUT2D eigenvalue weighted by Crippen LogP contribution is -2.36. The number of ether oxygens (including phenoxy) is 1. The van der Waals surface area contributed by atoms with Gasteiger partial charge in [-0.25, -0.2) is 0 Å². The Morgan fingerprint density at radius 2 is 1.59 bits per heavy atom. The number of rotatable bonds is 15. The van der Waals surface area contributed by atoms with E-state index in [-0.39, 0.29) is 12.1 Å². The van der Waals surface area contributed by atoms with Crippen molar-refractivity contribution in [2.75, 3.05) is 0 Å².